The number of rotatable bonds is 9. The average Bonchev–Trinajstić information content (AvgIpc) is 2.97. The number of aryl methyl sites for hydroxylation is 1. The molecule has 3 N–H and O–H groups in total. The predicted octanol–water partition coefficient (Wildman–Crippen LogP) is 3.78. The van der Waals surface area contributed by atoms with Crippen molar-refractivity contribution in [3.05, 3.63) is 34.1 Å². The Labute approximate surface area is 178 Å². The van der Waals surface area contributed by atoms with Crippen LogP contribution >= 0.6 is 35.0 Å². The Kier molecular flexibility index (Phi) is 8.15. The maximum absolute atomic E-state index is 12.6. The van der Waals surface area contributed by atoms with Crippen LogP contribution in [0.4, 0.5) is 5.69 Å². The summed E-state index contributed by atoms with van der Waals surface area (Å²) in [5.74, 6) is 0.406. The van der Waals surface area contributed by atoms with E-state index in [4.69, 9.17) is 28.9 Å². The minimum Gasteiger partial charge on any atom is -0.370 e. The Morgan fingerprint density at radius 3 is 2.61 bits per heavy atom. The van der Waals surface area contributed by atoms with E-state index in [-0.39, 0.29) is 18.2 Å². The Morgan fingerprint density at radius 1 is 1.25 bits per heavy atom. The maximum atomic E-state index is 12.6. The summed E-state index contributed by atoms with van der Waals surface area (Å²) in [6.07, 6.45) is 0.610. The Hall–Kier alpha value is -1.77. The van der Waals surface area contributed by atoms with Crippen LogP contribution in [0, 0.1) is 5.92 Å². The number of hydrogen-bond donors (Lipinski definition) is 2. The van der Waals surface area contributed by atoms with Crippen molar-refractivity contribution in [3.8, 4) is 0 Å². The van der Waals surface area contributed by atoms with Crippen LogP contribution in [-0.2, 0) is 22.6 Å². The first kappa shape index (κ1) is 22.5. The molecule has 0 fully saturated rings. The van der Waals surface area contributed by atoms with Gasteiger partial charge in [-0.2, -0.15) is 0 Å². The number of anilines is 1. The summed E-state index contributed by atoms with van der Waals surface area (Å²) in [6, 6.07) is 4.88. The van der Waals surface area contributed by atoms with E-state index in [0.29, 0.717) is 45.6 Å². The minimum absolute atomic E-state index is 0.199. The summed E-state index contributed by atoms with van der Waals surface area (Å²) in [4.78, 5) is 23.7. The number of halogens is 2. The van der Waals surface area contributed by atoms with Gasteiger partial charge in [0, 0.05) is 24.4 Å². The van der Waals surface area contributed by atoms with Crippen LogP contribution in [0.1, 0.15) is 33.0 Å². The third-order valence-corrected chi connectivity index (χ3v) is 5.42. The molecule has 0 aliphatic rings. The summed E-state index contributed by atoms with van der Waals surface area (Å²) in [5, 5.41) is 12.2. The average molecular weight is 444 g/mol. The van der Waals surface area contributed by atoms with Crippen molar-refractivity contribution >= 4 is 52.5 Å². The van der Waals surface area contributed by atoms with Gasteiger partial charge in [-0.1, -0.05) is 48.8 Å². The molecule has 0 spiro atoms. The van der Waals surface area contributed by atoms with Crippen molar-refractivity contribution in [1.29, 1.82) is 0 Å². The zero-order chi connectivity index (χ0) is 20.8. The number of nitrogens with one attached hydrogen (secondary N) is 1. The SMILES string of the molecule is CC(C)Cn1c(CCC(N)=O)nnc1SC(C)C(=O)Nc1cc(Cl)ccc1Cl. The molecule has 152 valence electrons. The van der Waals surface area contributed by atoms with Crippen molar-refractivity contribution in [3.63, 3.8) is 0 Å². The quantitative estimate of drug-likeness (QED) is 0.573. The fourth-order valence-corrected chi connectivity index (χ4v) is 3.63. The normalized spacial score (nSPS) is 12.2. The highest BCUT2D eigenvalue weighted by Gasteiger charge is 2.21. The fourth-order valence-electron chi connectivity index (χ4n) is 2.41. The molecule has 0 saturated heterocycles. The Bertz CT molecular complexity index is 856. The lowest BCUT2D eigenvalue weighted by molar-refractivity contribution is -0.118. The maximum Gasteiger partial charge on any atom is 0.237 e. The first-order chi connectivity index (χ1) is 13.2. The number of carbonyl (C=O) groups is 2. The van der Waals surface area contributed by atoms with Gasteiger partial charge in [-0.15, -0.1) is 10.2 Å². The van der Waals surface area contributed by atoms with Gasteiger partial charge in [-0.25, -0.2) is 0 Å². The Balaban J connectivity index is 2.13. The molecule has 2 aromatic rings. The number of amides is 2. The van der Waals surface area contributed by atoms with E-state index in [1.165, 1.54) is 11.8 Å². The molecule has 28 heavy (non-hydrogen) atoms. The molecule has 0 radical (unpaired) electrons. The standard InChI is InChI=1S/C18H23Cl2N5O2S/c1-10(2)9-25-16(7-6-15(21)26)23-24-18(25)28-11(3)17(27)22-14-8-12(19)4-5-13(14)20/h4-5,8,10-11H,6-7,9H2,1-3H3,(H2,21,26)(H,22,27). The van der Waals surface area contributed by atoms with Crippen molar-refractivity contribution in [1.82, 2.24) is 14.8 Å². The molecule has 0 aliphatic carbocycles. The summed E-state index contributed by atoms with van der Waals surface area (Å²) in [6.45, 7) is 6.60. The van der Waals surface area contributed by atoms with Crippen LogP contribution in [0.3, 0.4) is 0 Å². The highest BCUT2D eigenvalue weighted by atomic mass is 35.5. The van der Waals surface area contributed by atoms with Gasteiger partial charge in [0.1, 0.15) is 5.82 Å². The topological polar surface area (TPSA) is 103 Å². The number of benzene rings is 1. The van der Waals surface area contributed by atoms with Crippen molar-refractivity contribution < 1.29 is 9.59 Å². The number of aromatic nitrogens is 3. The number of nitrogens with zero attached hydrogens (tertiary/aromatic N) is 3. The second-order valence-electron chi connectivity index (χ2n) is 6.74. The smallest absolute Gasteiger partial charge is 0.237 e. The van der Waals surface area contributed by atoms with Gasteiger partial charge in [-0.3, -0.25) is 9.59 Å². The number of thioether (sulfide) groups is 1. The molecule has 0 bridgehead atoms. The van der Waals surface area contributed by atoms with Crippen LogP contribution in [0.2, 0.25) is 10.0 Å². The van der Waals surface area contributed by atoms with Crippen molar-refractivity contribution in [2.75, 3.05) is 5.32 Å². The largest absolute Gasteiger partial charge is 0.370 e. The number of carbonyl (C=O) groups excluding carboxylic acids is 2. The molecule has 1 aromatic heterocycles. The van der Waals surface area contributed by atoms with Crippen LogP contribution in [0.5, 0.6) is 0 Å². The molecule has 1 aromatic carbocycles. The molecule has 1 heterocycles. The first-order valence-corrected chi connectivity index (χ1v) is 10.4. The van der Waals surface area contributed by atoms with Crippen LogP contribution in [-0.4, -0.2) is 31.8 Å². The molecular formula is C18H23Cl2N5O2S. The highest BCUT2D eigenvalue weighted by molar-refractivity contribution is 8.00. The summed E-state index contributed by atoms with van der Waals surface area (Å²) < 4.78 is 1.94. The molecule has 2 rings (SSSR count). The van der Waals surface area contributed by atoms with Gasteiger partial charge in [0.2, 0.25) is 11.8 Å². The van der Waals surface area contributed by atoms with Gasteiger partial charge < -0.3 is 15.6 Å². The van der Waals surface area contributed by atoms with Gasteiger partial charge >= 0.3 is 0 Å². The van der Waals surface area contributed by atoms with E-state index < -0.39 is 5.25 Å². The first-order valence-electron chi connectivity index (χ1n) is 8.80. The molecular weight excluding hydrogens is 421 g/mol. The summed E-state index contributed by atoms with van der Waals surface area (Å²) in [7, 11) is 0. The van der Waals surface area contributed by atoms with Gasteiger partial charge in [0.15, 0.2) is 5.16 Å². The van der Waals surface area contributed by atoms with E-state index in [1.807, 2.05) is 4.57 Å². The molecule has 0 aliphatic heterocycles. The molecule has 0 saturated carbocycles. The summed E-state index contributed by atoms with van der Waals surface area (Å²) >= 11 is 13.4. The molecule has 10 heteroatoms. The molecule has 2 amide bonds. The lowest BCUT2D eigenvalue weighted by Crippen LogP contribution is -2.23. The van der Waals surface area contributed by atoms with Crippen molar-refractivity contribution in [2.45, 2.75) is 50.6 Å². The van der Waals surface area contributed by atoms with Gasteiger partial charge in [0.05, 0.1) is 16.0 Å². The minimum atomic E-state index is -0.450. The van der Waals surface area contributed by atoms with E-state index >= 15 is 0 Å². The molecule has 1 atom stereocenters. The van der Waals surface area contributed by atoms with E-state index in [1.54, 1.807) is 25.1 Å². The van der Waals surface area contributed by atoms with Gasteiger partial charge in [-0.05, 0) is 31.0 Å². The van der Waals surface area contributed by atoms with E-state index in [2.05, 4.69) is 29.4 Å². The fraction of sp³-hybridized carbons (Fsp3) is 0.444. The highest BCUT2D eigenvalue weighted by Crippen LogP contribution is 2.28. The lowest BCUT2D eigenvalue weighted by Gasteiger charge is -2.15. The van der Waals surface area contributed by atoms with Crippen LogP contribution < -0.4 is 11.1 Å². The zero-order valence-corrected chi connectivity index (χ0v) is 18.2. The zero-order valence-electron chi connectivity index (χ0n) is 15.9. The van der Waals surface area contributed by atoms with Crippen LogP contribution in [0.15, 0.2) is 23.4 Å². The predicted molar refractivity (Wildman–Crippen MR) is 113 cm³/mol. The van der Waals surface area contributed by atoms with Crippen LogP contribution in [0.25, 0.3) is 0 Å². The Morgan fingerprint density at radius 2 is 1.96 bits per heavy atom. The van der Waals surface area contributed by atoms with Gasteiger partial charge in [0.25, 0.3) is 0 Å². The van der Waals surface area contributed by atoms with Crippen molar-refractivity contribution in [2.24, 2.45) is 11.7 Å². The number of hydrogen-bond acceptors (Lipinski definition) is 5. The second kappa shape index (κ2) is 10.1. The number of nitrogens with two attached hydrogens (primary N) is 1. The third-order valence-electron chi connectivity index (χ3n) is 3.77. The second-order valence-corrected chi connectivity index (χ2v) is 8.89. The third kappa shape index (κ3) is 6.39. The summed E-state index contributed by atoms with van der Waals surface area (Å²) in [5.41, 5.74) is 5.70. The monoisotopic (exact) mass is 443 g/mol. The van der Waals surface area contributed by atoms with E-state index in [0.717, 1.165) is 0 Å². The number of primary amides is 1. The lowest BCUT2D eigenvalue weighted by atomic mass is 10.2. The molecule has 7 nitrogen and oxygen atoms in total. The van der Waals surface area contributed by atoms with E-state index in [9.17, 15) is 9.59 Å². The molecule has 1 unspecified atom stereocenters.